The van der Waals surface area contributed by atoms with Crippen LogP contribution < -0.4 is 5.84 Å². The van der Waals surface area contributed by atoms with Crippen molar-refractivity contribution in [3.05, 3.63) is 28.7 Å². The summed E-state index contributed by atoms with van der Waals surface area (Å²) in [5, 5.41) is 3.71. The minimum absolute atomic E-state index is 0.296. The Morgan fingerprint density at radius 1 is 1.54 bits per heavy atom. The summed E-state index contributed by atoms with van der Waals surface area (Å²) in [5.74, 6) is 5.08. The number of hydrogen-bond donors (Lipinski definition) is 1. The van der Waals surface area contributed by atoms with Crippen molar-refractivity contribution in [1.82, 2.24) is 0 Å². The number of amidine groups is 1. The number of para-hydroxylation sites is 1. The molecule has 1 aliphatic rings. The van der Waals surface area contributed by atoms with E-state index in [1.807, 2.05) is 25.1 Å². The fourth-order valence-corrected chi connectivity index (χ4v) is 2.20. The van der Waals surface area contributed by atoms with Crippen molar-refractivity contribution >= 4 is 22.6 Å². The summed E-state index contributed by atoms with van der Waals surface area (Å²) in [6.07, 6.45) is 0. The summed E-state index contributed by atoms with van der Waals surface area (Å²) < 4.78 is 0.773. The van der Waals surface area contributed by atoms with Crippen LogP contribution in [0.3, 0.4) is 0 Å². The van der Waals surface area contributed by atoms with Crippen LogP contribution in [0.15, 0.2) is 28.2 Å². The summed E-state index contributed by atoms with van der Waals surface area (Å²) in [4.78, 5) is 12.4. The lowest BCUT2D eigenvalue weighted by atomic mass is 10.2. The first-order valence-electron chi connectivity index (χ1n) is 3.76. The van der Waals surface area contributed by atoms with Crippen LogP contribution in [0.2, 0.25) is 0 Å². The average Bonchev–Trinajstić information content (AvgIpc) is 2.44. The first-order chi connectivity index (χ1) is 6.24. The monoisotopic (exact) mass is 194 g/mol. The molecule has 5 heteroatoms. The molecule has 0 saturated carbocycles. The van der Waals surface area contributed by atoms with E-state index in [9.17, 15) is 4.91 Å². The first-order valence-corrected chi connectivity index (χ1v) is 4.58. The van der Waals surface area contributed by atoms with E-state index >= 15 is 0 Å². The Balaban J connectivity index is 2.63. The van der Waals surface area contributed by atoms with Gasteiger partial charge < -0.3 is 0 Å². The zero-order chi connectivity index (χ0) is 9.42. The molecule has 0 bridgehead atoms. The van der Waals surface area contributed by atoms with Crippen LogP contribution in [0.1, 0.15) is 5.56 Å². The predicted molar refractivity (Wildman–Crippen MR) is 51.9 cm³/mol. The Labute approximate surface area is 79.4 Å². The zero-order valence-corrected chi connectivity index (χ0v) is 7.84. The van der Waals surface area contributed by atoms with Gasteiger partial charge in [0.05, 0.1) is 10.00 Å². The van der Waals surface area contributed by atoms with Gasteiger partial charge in [-0.15, -0.1) is 0 Å². The number of benzene rings is 1. The minimum atomic E-state index is 0.296. The van der Waals surface area contributed by atoms with Crippen LogP contribution in [0.4, 0.5) is 5.69 Å². The number of thioether (sulfide) groups is 1. The molecule has 0 saturated heterocycles. The molecule has 0 aromatic heterocycles. The molecular formula is C8H8N3OS+. The lowest BCUT2D eigenvalue weighted by Gasteiger charge is -1.93. The number of nitrogens with two attached hydrogens (primary N) is 1. The molecule has 1 aromatic rings. The Hall–Kier alpha value is -1.36. The van der Waals surface area contributed by atoms with Gasteiger partial charge in [0.2, 0.25) is 0 Å². The first kappa shape index (κ1) is 8.25. The van der Waals surface area contributed by atoms with Gasteiger partial charge in [-0.2, -0.15) is 0 Å². The van der Waals surface area contributed by atoms with E-state index in [0.717, 1.165) is 15.2 Å². The van der Waals surface area contributed by atoms with E-state index < -0.39 is 0 Å². The summed E-state index contributed by atoms with van der Waals surface area (Å²) >= 11 is 1.30. The second-order valence-electron chi connectivity index (χ2n) is 2.73. The molecule has 0 radical (unpaired) electrons. The quantitative estimate of drug-likeness (QED) is 0.389. The standard InChI is InChI=1S/C8H8N3OS/c1-5-3-2-4-6-7(5)11(12)8(10-9)13-6/h2-4H,9H2,1H3/q+1. The topological polar surface area (TPSA) is 58.5 Å². The molecule has 0 atom stereocenters. The molecule has 0 aliphatic carbocycles. The Morgan fingerprint density at radius 2 is 2.31 bits per heavy atom. The second kappa shape index (κ2) is 2.85. The molecule has 13 heavy (non-hydrogen) atoms. The third kappa shape index (κ3) is 1.12. The van der Waals surface area contributed by atoms with Crippen molar-refractivity contribution in [2.24, 2.45) is 10.9 Å². The highest BCUT2D eigenvalue weighted by Gasteiger charge is 2.35. The van der Waals surface area contributed by atoms with Crippen LogP contribution in [-0.4, -0.2) is 9.93 Å². The number of nitrogens with zero attached hydrogens (tertiary/aromatic N) is 2. The smallest absolute Gasteiger partial charge is 0.230 e. The largest absolute Gasteiger partial charge is 0.430 e. The average molecular weight is 194 g/mol. The number of nitroso groups, excluding NO2 is 1. The van der Waals surface area contributed by atoms with E-state index in [1.54, 1.807) is 0 Å². The fourth-order valence-electron chi connectivity index (χ4n) is 1.29. The molecule has 1 aliphatic heterocycles. The molecule has 1 aromatic carbocycles. The van der Waals surface area contributed by atoms with Gasteiger partial charge in [-0.1, -0.05) is 17.0 Å². The van der Waals surface area contributed by atoms with Crippen molar-refractivity contribution in [2.45, 2.75) is 11.8 Å². The van der Waals surface area contributed by atoms with E-state index in [1.165, 1.54) is 11.8 Å². The van der Waals surface area contributed by atoms with E-state index in [-0.39, 0.29) is 0 Å². The highest BCUT2D eigenvalue weighted by molar-refractivity contribution is 8.13. The molecule has 66 valence electrons. The van der Waals surface area contributed by atoms with Gasteiger partial charge in [-0.05, 0) is 13.0 Å². The minimum Gasteiger partial charge on any atom is -0.230 e. The summed E-state index contributed by atoms with van der Waals surface area (Å²) in [5.41, 5.74) is 1.61. The highest BCUT2D eigenvalue weighted by Crippen LogP contribution is 2.40. The van der Waals surface area contributed by atoms with Crippen molar-refractivity contribution in [3.8, 4) is 0 Å². The van der Waals surface area contributed by atoms with Crippen molar-refractivity contribution in [1.29, 1.82) is 0 Å². The van der Waals surface area contributed by atoms with E-state index in [2.05, 4.69) is 5.10 Å². The number of hydrazone groups is 1. The predicted octanol–water partition coefficient (Wildman–Crippen LogP) is 1.74. The maximum Gasteiger partial charge on any atom is 0.430 e. The Morgan fingerprint density at radius 3 is 2.92 bits per heavy atom. The van der Waals surface area contributed by atoms with Crippen LogP contribution in [0.5, 0.6) is 0 Å². The maximum atomic E-state index is 11.5. The van der Waals surface area contributed by atoms with E-state index in [0.29, 0.717) is 10.9 Å². The normalized spacial score (nSPS) is 17.9. The van der Waals surface area contributed by atoms with Crippen LogP contribution in [0, 0.1) is 11.8 Å². The van der Waals surface area contributed by atoms with Crippen molar-refractivity contribution < 1.29 is 4.76 Å². The number of fused-ring (bicyclic) bond motifs is 1. The van der Waals surface area contributed by atoms with Crippen molar-refractivity contribution in [2.75, 3.05) is 0 Å². The highest BCUT2D eigenvalue weighted by atomic mass is 32.2. The molecule has 0 unspecified atom stereocenters. The molecular weight excluding hydrogens is 186 g/mol. The molecule has 1 heterocycles. The number of hydrogen-bond acceptors (Lipinski definition) is 4. The van der Waals surface area contributed by atoms with Crippen LogP contribution >= 0.6 is 11.8 Å². The molecule has 4 nitrogen and oxygen atoms in total. The molecule has 0 spiro atoms. The van der Waals surface area contributed by atoms with E-state index in [4.69, 9.17) is 5.84 Å². The van der Waals surface area contributed by atoms with Crippen LogP contribution in [0.25, 0.3) is 0 Å². The molecule has 2 N–H and O–H groups in total. The van der Waals surface area contributed by atoms with Gasteiger partial charge >= 0.3 is 5.17 Å². The van der Waals surface area contributed by atoms with Gasteiger partial charge in [0.25, 0.3) is 0 Å². The van der Waals surface area contributed by atoms with Gasteiger partial charge in [-0.25, -0.2) is 5.84 Å². The van der Waals surface area contributed by atoms with Gasteiger partial charge in [0.15, 0.2) is 5.69 Å². The Bertz CT molecular complexity index is 414. The summed E-state index contributed by atoms with van der Waals surface area (Å²) in [6.45, 7) is 1.89. The lowest BCUT2D eigenvalue weighted by molar-refractivity contribution is -0.325. The second-order valence-corrected chi connectivity index (χ2v) is 3.74. The van der Waals surface area contributed by atoms with Gasteiger partial charge in [0, 0.05) is 22.1 Å². The third-order valence-corrected chi connectivity index (χ3v) is 2.89. The lowest BCUT2D eigenvalue weighted by Crippen LogP contribution is -2.06. The zero-order valence-electron chi connectivity index (χ0n) is 7.02. The van der Waals surface area contributed by atoms with Gasteiger partial charge in [0.1, 0.15) is 0 Å². The van der Waals surface area contributed by atoms with Gasteiger partial charge in [-0.3, -0.25) is 0 Å². The van der Waals surface area contributed by atoms with Crippen molar-refractivity contribution in [3.63, 3.8) is 0 Å². The molecule has 0 amide bonds. The molecule has 0 fully saturated rings. The number of aryl methyl sites for hydroxylation is 1. The SMILES string of the molecule is Cc1cccc2c1[N+](=O)C(=NN)S2. The molecule has 2 rings (SSSR count). The summed E-state index contributed by atoms with van der Waals surface area (Å²) in [6, 6.07) is 5.69. The Kier molecular flexibility index (Phi) is 1.81. The third-order valence-electron chi connectivity index (χ3n) is 1.89. The maximum absolute atomic E-state index is 11.5. The summed E-state index contributed by atoms with van der Waals surface area (Å²) in [7, 11) is 0. The number of rotatable bonds is 0. The fraction of sp³-hybridized carbons (Fsp3) is 0.125. The van der Waals surface area contributed by atoms with Crippen LogP contribution in [-0.2, 0) is 0 Å².